The van der Waals surface area contributed by atoms with Crippen molar-refractivity contribution in [2.45, 2.75) is 38.9 Å². The van der Waals surface area contributed by atoms with Crippen LogP contribution in [0.5, 0.6) is 0 Å². The van der Waals surface area contributed by atoms with Crippen molar-refractivity contribution in [3.05, 3.63) is 163 Å². The maximum atomic E-state index is 10.6. The summed E-state index contributed by atoms with van der Waals surface area (Å²) >= 11 is 0. The number of carbonyl (C=O) groups is 3. The number of carboxylic acid groups (broad SMARTS) is 3. The second kappa shape index (κ2) is 23.5. The third-order valence-corrected chi connectivity index (χ3v) is 8.36. The van der Waals surface area contributed by atoms with Gasteiger partial charge in [-0.1, -0.05) is 91.0 Å². The van der Waals surface area contributed by atoms with Crippen molar-refractivity contribution in [2.24, 2.45) is 0 Å². The molecule has 3 heterocycles. The lowest BCUT2D eigenvalue weighted by Crippen LogP contribution is -2.10. The van der Waals surface area contributed by atoms with E-state index in [0.717, 1.165) is 52.4 Å². The van der Waals surface area contributed by atoms with E-state index >= 15 is 0 Å². The molecule has 3 N–H and O–H groups in total. The molecule has 15 nitrogen and oxygen atoms in total. The summed E-state index contributed by atoms with van der Waals surface area (Å²) in [5.74, 6) is -1.43. The number of hydrogen-bond donors (Lipinski definition) is 3. The van der Waals surface area contributed by atoms with E-state index in [1.54, 1.807) is 18.6 Å². The molecular formula is C45H39N9O6. The van der Waals surface area contributed by atoms with Crippen LogP contribution in [-0.4, -0.2) is 61.9 Å². The van der Waals surface area contributed by atoms with Gasteiger partial charge in [-0.2, -0.15) is 15.8 Å². The second-order valence-corrected chi connectivity index (χ2v) is 12.3. The van der Waals surface area contributed by atoms with Crippen molar-refractivity contribution in [2.75, 3.05) is 0 Å². The monoisotopic (exact) mass is 801 g/mol. The SMILES string of the molecule is N#CCCn1ccnc1-c1ccccc1.N#CCCn1ccnc1-c1ccccc1.N#CCCn1ccnc1-c1ccccc1.O=C(O)c1ccc(C(=O)O)c(C(=O)O)c1. The first-order valence-electron chi connectivity index (χ1n) is 18.3. The minimum atomic E-state index is -1.48. The van der Waals surface area contributed by atoms with Crippen LogP contribution < -0.4 is 0 Å². The summed E-state index contributed by atoms with van der Waals surface area (Å²) < 4.78 is 6.00. The number of rotatable bonds is 12. The summed E-state index contributed by atoms with van der Waals surface area (Å²) in [7, 11) is 0. The standard InChI is InChI=1S/3C12H11N3.C9H6O6/c3*13-7-4-9-15-10-8-14-12(15)11-5-2-1-3-6-11;10-7(11)4-1-2-5(8(12)13)6(3-4)9(14)15/h3*1-3,5-6,8,10H,4,9H2;1-3H,(H,10,11)(H,12,13)(H,14,15). The van der Waals surface area contributed by atoms with E-state index in [2.05, 4.69) is 33.2 Å². The lowest BCUT2D eigenvalue weighted by Gasteiger charge is -2.04. The molecule has 4 aromatic carbocycles. The summed E-state index contributed by atoms with van der Waals surface area (Å²) in [6, 6.07) is 39.2. The fourth-order valence-electron chi connectivity index (χ4n) is 5.56. The molecule has 0 fully saturated rings. The van der Waals surface area contributed by atoms with E-state index in [0.29, 0.717) is 38.9 Å². The van der Waals surface area contributed by atoms with E-state index in [9.17, 15) is 14.4 Å². The molecule has 0 aliphatic carbocycles. The number of aromatic nitrogens is 6. The van der Waals surface area contributed by atoms with Crippen molar-refractivity contribution in [3.63, 3.8) is 0 Å². The van der Waals surface area contributed by atoms with Crippen LogP contribution in [-0.2, 0) is 19.6 Å². The number of nitriles is 3. The lowest BCUT2D eigenvalue weighted by molar-refractivity contribution is 0.0649. The summed E-state index contributed by atoms with van der Waals surface area (Å²) in [5.41, 5.74) is 2.01. The lowest BCUT2D eigenvalue weighted by atomic mass is 10.0. The van der Waals surface area contributed by atoms with Gasteiger partial charge < -0.3 is 29.0 Å². The fraction of sp³-hybridized carbons (Fsp3) is 0.133. The van der Waals surface area contributed by atoms with Crippen molar-refractivity contribution in [1.82, 2.24) is 28.7 Å². The molecule has 0 radical (unpaired) electrons. The molecule has 0 unspecified atom stereocenters. The quantitative estimate of drug-likeness (QED) is 0.106. The van der Waals surface area contributed by atoms with Gasteiger partial charge in [0.25, 0.3) is 0 Å². The topological polar surface area (TPSA) is 237 Å². The molecule has 3 aromatic heterocycles. The van der Waals surface area contributed by atoms with Crippen molar-refractivity contribution in [1.29, 1.82) is 15.8 Å². The minimum Gasteiger partial charge on any atom is -0.478 e. The summed E-state index contributed by atoms with van der Waals surface area (Å²) in [4.78, 5) is 44.6. The van der Waals surface area contributed by atoms with Gasteiger partial charge in [0, 0.05) is 73.5 Å². The molecule has 0 atom stereocenters. The Bertz CT molecular complexity index is 2360. The van der Waals surface area contributed by atoms with Gasteiger partial charge in [0.05, 0.1) is 54.2 Å². The molecular weight excluding hydrogens is 763 g/mol. The van der Waals surface area contributed by atoms with Crippen LogP contribution in [0.15, 0.2) is 146 Å². The van der Waals surface area contributed by atoms with E-state index in [4.69, 9.17) is 31.1 Å². The molecule has 0 spiro atoms. The Balaban J connectivity index is 0.000000176. The van der Waals surface area contributed by atoms with Crippen LogP contribution in [0.25, 0.3) is 34.2 Å². The van der Waals surface area contributed by atoms with Crippen LogP contribution >= 0.6 is 0 Å². The Kier molecular flexibility index (Phi) is 17.2. The van der Waals surface area contributed by atoms with Crippen LogP contribution in [0.4, 0.5) is 0 Å². The Hall–Kier alpha value is -8.61. The highest BCUT2D eigenvalue weighted by atomic mass is 16.4. The van der Waals surface area contributed by atoms with E-state index in [-0.39, 0.29) is 5.56 Å². The first-order chi connectivity index (χ1) is 29.2. The zero-order valence-electron chi connectivity index (χ0n) is 32.2. The predicted molar refractivity (Wildman–Crippen MR) is 221 cm³/mol. The van der Waals surface area contributed by atoms with E-state index < -0.39 is 29.0 Å². The highest BCUT2D eigenvalue weighted by Crippen LogP contribution is 2.19. The maximum Gasteiger partial charge on any atom is 0.336 e. The van der Waals surface area contributed by atoms with Gasteiger partial charge in [0.15, 0.2) is 0 Å². The first kappa shape index (κ1) is 44.1. The number of carboxylic acids is 3. The van der Waals surface area contributed by atoms with Crippen LogP contribution in [0, 0.1) is 34.0 Å². The van der Waals surface area contributed by atoms with Gasteiger partial charge in [0.1, 0.15) is 17.5 Å². The van der Waals surface area contributed by atoms with E-state index in [1.807, 2.05) is 123 Å². The first-order valence-corrected chi connectivity index (χ1v) is 18.3. The molecule has 7 rings (SSSR count). The highest BCUT2D eigenvalue weighted by molar-refractivity contribution is 6.03. The molecule has 60 heavy (non-hydrogen) atoms. The normalized spacial score (nSPS) is 9.75. The summed E-state index contributed by atoms with van der Waals surface area (Å²) in [6.07, 6.45) is 12.5. The van der Waals surface area contributed by atoms with Crippen LogP contribution in [0.2, 0.25) is 0 Å². The Morgan fingerprint density at radius 3 is 1.08 bits per heavy atom. The van der Waals surface area contributed by atoms with E-state index in [1.165, 1.54) is 0 Å². The summed E-state index contributed by atoms with van der Waals surface area (Å²) in [6.45, 7) is 2.09. The molecule has 15 heteroatoms. The van der Waals surface area contributed by atoms with Crippen molar-refractivity contribution in [3.8, 4) is 52.4 Å². The van der Waals surface area contributed by atoms with Crippen LogP contribution in [0.1, 0.15) is 50.3 Å². The fourth-order valence-corrected chi connectivity index (χ4v) is 5.56. The number of aryl methyl sites for hydroxylation is 3. The molecule has 0 saturated heterocycles. The molecule has 0 aliphatic heterocycles. The van der Waals surface area contributed by atoms with Gasteiger partial charge in [-0.15, -0.1) is 0 Å². The Labute approximate surface area is 345 Å². The third-order valence-electron chi connectivity index (χ3n) is 8.36. The number of aromatic carboxylic acids is 3. The van der Waals surface area contributed by atoms with Crippen LogP contribution in [0.3, 0.4) is 0 Å². The van der Waals surface area contributed by atoms with Gasteiger partial charge >= 0.3 is 17.9 Å². The number of nitrogens with zero attached hydrogens (tertiary/aromatic N) is 9. The number of benzene rings is 4. The molecule has 0 amide bonds. The number of hydrogen-bond acceptors (Lipinski definition) is 9. The molecule has 0 aliphatic rings. The zero-order chi connectivity index (χ0) is 43.1. The number of imidazole rings is 3. The Morgan fingerprint density at radius 1 is 0.467 bits per heavy atom. The molecule has 0 saturated carbocycles. The predicted octanol–water partition coefficient (Wildman–Crippen LogP) is 8.17. The van der Waals surface area contributed by atoms with Gasteiger partial charge in [0.2, 0.25) is 0 Å². The average Bonchev–Trinajstić information content (AvgIpc) is 4.07. The maximum absolute atomic E-state index is 10.6. The molecule has 300 valence electrons. The molecule has 0 bridgehead atoms. The average molecular weight is 802 g/mol. The third kappa shape index (κ3) is 13.0. The minimum absolute atomic E-state index is 0.266. The van der Waals surface area contributed by atoms with Gasteiger partial charge in [-0.05, 0) is 18.2 Å². The van der Waals surface area contributed by atoms with Crippen molar-refractivity contribution >= 4 is 17.9 Å². The second-order valence-electron chi connectivity index (χ2n) is 12.3. The van der Waals surface area contributed by atoms with Crippen molar-refractivity contribution < 1.29 is 29.7 Å². The largest absolute Gasteiger partial charge is 0.478 e. The van der Waals surface area contributed by atoms with Gasteiger partial charge in [-0.25, -0.2) is 29.3 Å². The van der Waals surface area contributed by atoms with Gasteiger partial charge in [-0.3, -0.25) is 0 Å². The zero-order valence-corrected chi connectivity index (χ0v) is 32.2. The summed E-state index contributed by atoms with van der Waals surface area (Å²) in [5, 5.41) is 51.5. The smallest absolute Gasteiger partial charge is 0.336 e. The highest BCUT2D eigenvalue weighted by Gasteiger charge is 2.18. The molecule has 7 aromatic rings. The Morgan fingerprint density at radius 2 is 0.800 bits per heavy atom.